The molecule has 24 heavy (non-hydrogen) atoms. The number of rotatable bonds is 1. The van der Waals surface area contributed by atoms with Crippen molar-refractivity contribution in [3.05, 3.63) is 81.7 Å². The van der Waals surface area contributed by atoms with Crippen molar-refractivity contribution in [1.29, 1.82) is 0 Å². The van der Waals surface area contributed by atoms with Crippen LogP contribution in [-0.4, -0.2) is 15.7 Å². The Balaban J connectivity index is 2.04. The van der Waals surface area contributed by atoms with Crippen LogP contribution < -0.4 is 0 Å². The number of halogens is 3. The van der Waals surface area contributed by atoms with Crippen LogP contribution in [0.3, 0.4) is 0 Å². The quantitative estimate of drug-likeness (QED) is 0.616. The van der Waals surface area contributed by atoms with Crippen molar-refractivity contribution in [1.82, 2.24) is 9.97 Å². The molecule has 0 N–H and O–H groups in total. The van der Waals surface area contributed by atoms with Crippen molar-refractivity contribution in [3.63, 3.8) is 0 Å². The van der Waals surface area contributed by atoms with Crippen LogP contribution in [0.15, 0.2) is 58.4 Å². The maximum atomic E-state index is 14.3. The lowest BCUT2D eigenvalue weighted by Crippen LogP contribution is -2.10. The molecule has 0 saturated carbocycles. The van der Waals surface area contributed by atoms with Crippen LogP contribution in [0.25, 0.3) is 11.3 Å². The molecule has 118 valence electrons. The summed E-state index contributed by atoms with van der Waals surface area (Å²) in [5.74, 6) is -1.28. The summed E-state index contributed by atoms with van der Waals surface area (Å²) in [4.78, 5) is 12.8. The normalized spacial score (nSPS) is 12.9. The van der Waals surface area contributed by atoms with Crippen molar-refractivity contribution < 1.29 is 8.78 Å². The first kappa shape index (κ1) is 15.1. The Morgan fingerprint density at radius 1 is 1.00 bits per heavy atom. The van der Waals surface area contributed by atoms with Gasteiger partial charge in [-0.15, -0.1) is 0 Å². The molecule has 0 saturated heterocycles. The van der Waals surface area contributed by atoms with E-state index < -0.39 is 11.6 Å². The van der Waals surface area contributed by atoms with Gasteiger partial charge in [-0.05, 0) is 24.3 Å². The van der Waals surface area contributed by atoms with Gasteiger partial charge in [-0.25, -0.2) is 18.7 Å². The molecule has 0 unspecified atom stereocenters. The van der Waals surface area contributed by atoms with E-state index in [-0.39, 0.29) is 17.8 Å². The molecule has 0 atom stereocenters. The molecular weight excluding hydrogens is 376 g/mol. The summed E-state index contributed by atoms with van der Waals surface area (Å²) < 4.78 is 29.5. The lowest BCUT2D eigenvalue weighted by Gasteiger charge is -2.12. The van der Waals surface area contributed by atoms with Crippen LogP contribution in [0, 0.1) is 11.6 Å². The Hall–Kier alpha value is -2.47. The maximum Gasteiger partial charge on any atom is 0.135 e. The van der Waals surface area contributed by atoms with Gasteiger partial charge in [-0.1, -0.05) is 28.1 Å². The van der Waals surface area contributed by atoms with Gasteiger partial charge in [0.15, 0.2) is 0 Å². The Labute approximate surface area is 145 Å². The number of benzene rings is 2. The Bertz CT molecular complexity index is 965. The highest BCUT2D eigenvalue weighted by molar-refractivity contribution is 9.10. The first-order valence-electron chi connectivity index (χ1n) is 7.23. The van der Waals surface area contributed by atoms with E-state index in [1.807, 2.05) is 12.1 Å². The Morgan fingerprint density at radius 3 is 2.58 bits per heavy atom. The summed E-state index contributed by atoms with van der Waals surface area (Å²) in [5.41, 5.74) is 3.09. The molecule has 2 heterocycles. The number of hydrogen-bond acceptors (Lipinski definition) is 3. The molecule has 1 aliphatic rings. The van der Waals surface area contributed by atoms with Gasteiger partial charge >= 0.3 is 0 Å². The topological polar surface area (TPSA) is 38.1 Å². The molecule has 0 spiro atoms. The molecule has 0 radical (unpaired) electrons. The van der Waals surface area contributed by atoms with Crippen LogP contribution >= 0.6 is 15.9 Å². The number of aromatic nitrogens is 2. The smallest absolute Gasteiger partial charge is 0.135 e. The highest BCUT2D eigenvalue weighted by atomic mass is 79.9. The van der Waals surface area contributed by atoms with Crippen LogP contribution in [0.1, 0.15) is 16.7 Å². The molecule has 3 aromatic rings. The summed E-state index contributed by atoms with van der Waals surface area (Å²) in [5, 5.41) is 0. The lowest BCUT2D eigenvalue weighted by atomic mass is 9.95. The van der Waals surface area contributed by atoms with E-state index in [0.717, 1.165) is 21.3 Å². The largest absolute Gasteiger partial charge is 0.279 e. The number of nitrogens with zero attached hydrogens (tertiary/aromatic N) is 3. The van der Waals surface area contributed by atoms with Crippen LogP contribution in [0.5, 0.6) is 0 Å². The monoisotopic (exact) mass is 385 g/mol. The van der Waals surface area contributed by atoms with Crippen LogP contribution in [0.2, 0.25) is 0 Å². The molecule has 0 bridgehead atoms. The summed E-state index contributed by atoms with van der Waals surface area (Å²) in [6, 6.07) is 9.34. The predicted octanol–water partition coefficient (Wildman–Crippen LogP) is 4.54. The van der Waals surface area contributed by atoms with Gasteiger partial charge in [-0.2, -0.15) is 0 Å². The number of aliphatic imine (C=N–C) groups is 1. The fourth-order valence-corrected chi connectivity index (χ4v) is 3.18. The number of fused-ring (bicyclic) bond motifs is 3. The van der Waals surface area contributed by atoms with E-state index in [9.17, 15) is 8.78 Å². The predicted molar refractivity (Wildman–Crippen MR) is 90.9 cm³/mol. The van der Waals surface area contributed by atoms with E-state index in [1.165, 1.54) is 24.5 Å². The zero-order valence-electron chi connectivity index (χ0n) is 12.3. The summed E-state index contributed by atoms with van der Waals surface area (Å²) in [6.45, 7) is 0.256. The standard InChI is InChI=1S/C18H10BrF2N3/c19-11-4-5-12-13(6-11)18(16-14(20)2-1-3-15(16)21)23-8-10-7-22-9-24-17(10)12/h1-7,9H,8H2. The zero-order chi connectivity index (χ0) is 16.7. The molecule has 1 aromatic heterocycles. The van der Waals surface area contributed by atoms with E-state index in [2.05, 4.69) is 30.9 Å². The Morgan fingerprint density at radius 2 is 1.79 bits per heavy atom. The van der Waals surface area contributed by atoms with Gasteiger partial charge in [0.1, 0.15) is 18.0 Å². The zero-order valence-corrected chi connectivity index (χ0v) is 13.9. The molecule has 2 aromatic carbocycles. The minimum absolute atomic E-state index is 0.127. The average molecular weight is 386 g/mol. The van der Waals surface area contributed by atoms with Gasteiger partial charge in [-0.3, -0.25) is 4.99 Å². The molecule has 0 amide bonds. The minimum Gasteiger partial charge on any atom is -0.279 e. The van der Waals surface area contributed by atoms with Crippen molar-refractivity contribution >= 4 is 21.6 Å². The molecular formula is C18H10BrF2N3. The van der Waals surface area contributed by atoms with Crippen LogP contribution in [-0.2, 0) is 6.54 Å². The molecule has 0 fully saturated rings. The maximum absolute atomic E-state index is 14.3. The van der Waals surface area contributed by atoms with E-state index in [0.29, 0.717) is 5.56 Å². The number of hydrogen-bond donors (Lipinski definition) is 0. The summed E-state index contributed by atoms with van der Waals surface area (Å²) >= 11 is 3.42. The van der Waals surface area contributed by atoms with Crippen molar-refractivity contribution in [3.8, 4) is 11.3 Å². The third kappa shape index (κ3) is 2.43. The minimum atomic E-state index is -0.642. The van der Waals surface area contributed by atoms with Gasteiger partial charge in [0.25, 0.3) is 0 Å². The van der Waals surface area contributed by atoms with Crippen molar-refractivity contribution in [2.75, 3.05) is 0 Å². The summed E-state index contributed by atoms with van der Waals surface area (Å²) in [6.07, 6.45) is 3.14. The van der Waals surface area contributed by atoms with Gasteiger partial charge in [0.05, 0.1) is 23.5 Å². The lowest BCUT2D eigenvalue weighted by molar-refractivity contribution is 0.579. The SMILES string of the molecule is Fc1cccc(F)c1C1=NCc2cncnc2-c2ccc(Br)cc21. The van der Waals surface area contributed by atoms with Crippen molar-refractivity contribution in [2.45, 2.75) is 6.54 Å². The van der Waals surface area contributed by atoms with Gasteiger partial charge < -0.3 is 0 Å². The molecule has 1 aliphatic heterocycles. The second-order valence-electron chi connectivity index (χ2n) is 5.35. The van der Waals surface area contributed by atoms with Crippen LogP contribution in [0.4, 0.5) is 8.78 Å². The second kappa shape index (κ2) is 5.87. The Kier molecular flexibility index (Phi) is 3.69. The van der Waals surface area contributed by atoms with E-state index in [4.69, 9.17) is 0 Å². The summed E-state index contributed by atoms with van der Waals surface area (Å²) in [7, 11) is 0. The van der Waals surface area contributed by atoms with Gasteiger partial charge in [0.2, 0.25) is 0 Å². The molecule has 3 nitrogen and oxygen atoms in total. The first-order valence-corrected chi connectivity index (χ1v) is 8.02. The molecule has 6 heteroatoms. The first-order chi connectivity index (χ1) is 11.6. The highest BCUT2D eigenvalue weighted by Crippen LogP contribution is 2.33. The fourth-order valence-electron chi connectivity index (χ4n) is 2.82. The van der Waals surface area contributed by atoms with E-state index in [1.54, 1.807) is 12.3 Å². The molecule has 0 aliphatic carbocycles. The highest BCUT2D eigenvalue weighted by Gasteiger charge is 2.24. The average Bonchev–Trinajstić information content (AvgIpc) is 2.72. The third-order valence-corrected chi connectivity index (χ3v) is 4.38. The van der Waals surface area contributed by atoms with Gasteiger partial charge in [0, 0.05) is 27.4 Å². The third-order valence-electron chi connectivity index (χ3n) is 3.89. The van der Waals surface area contributed by atoms with E-state index >= 15 is 0 Å². The second-order valence-corrected chi connectivity index (χ2v) is 6.26. The van der Waals surface area contributed by atoms with Crippen molar-refractivity contribution in [2.24, 2.45) is 4.99 Å². The fraction of sp³-hybridized carbons (Fsp3) is 0.0556. The molecule has 4 rings (SSSR count).